The van der Waals surface area contributed by atoms with Crippen LogP contribution in [0.5, 0.6) is 0 Å². The van der Waals surface area contributed by atoms with Crippen LogP contribution >= 0.6 is 0 Å². The minimum absolute atomic E-state index is 0.297. The Morgan fingerprint density at radius 2 is 1.74 bits per heavy atom. The molecule has 0 saturated carbocycles. The van der Waals surface area contributed by atoms with Crippen LogP contribution in [0.2, 0.25) is 0 Å². The molecule has 0 amide bonds. The number of hydrogen-bond donors (Lipinski definition) is 2. The summed E-state index contributed by atoms with van der Waals surface area (Å²) in [4.78, 5) is 0. The molecule has 0 aromatic heterocycles. The van der Waals surface area contributed by atoms with Crippen molar-refractivity contribution in [3.63, 3.8) is 0 Å². The minimum Gasteiger partial charge on any atom is -0.271 e. The Morgan fingerprint density at radius 1 is 1.05 bits per heavy atom. The van der Waals surface area contributed by atoms with Crippen molar-refractivity contribution in [2.75, 3.05) is 0 Å². The molecule has 1 rings (SSSR count). The summed E-state index contributed by atoms with van der Waals surface area (Å²) in [6, 6.07) is 6.79. The Labute approximate surface area is 118 Å². The third-order valence-corrected chi connectivity index (χ3v) is 4.07. The van der Waals surface area contributed by atoms with Crippen molar-refractivity contribution in [3.8, 4) is 0 Å². The Balaban J connectivity index is 2.43. The van der Waals surface area contributed by atoms with Gasteiger partial charge in [-0.05, 0) is 37.0 Å². The molecule has 2 heteroatoms. The molecule has 19 heavy (non-hydrogen) atoms. The summed E-state index contributed by atoms with van der Waals surface area (Å²) < 4.78 is 0. The first-order valence-electron chi connectivity index (χ1n) is 7.73. The van der Waals surface area contributed by atoms with Gasteiger partial charge in [-0.15, -0.1) is 0 Å². The van der Waals surface area contributed by atoms with Crippen molar-refractivity contribution in [1.29, 1.82) is 0 Å². The van der Waals surface area contributed by atoms with Crippen molar-refractivity contribution in [3.05, 3.63) is 34.9 Å². The summed E-state index contributed by atoms with van der Waals surface area (Å²) in [5, 5.41) is 0. The van der Waals surface area contributed by atoms with Crippen LogP contribution in [0, 0.1) is 13.8 Å². The number of aryl methyl sites for hydroxylation is 1. The van der Waals surface area contributed by atoms with E-state index in [4.69, 9.17) is 5.84 Å². The van der Waals surface area contributed by atoms with E-state index in [1.807, 2.05) is 0 Å². The van der Waals surface area contributed by atoms with E-state index in [2.05, 4.69) is 44.4 Å². The largest absolute Gasteiger partial charge is 0.271 e. The van der Waals surface area contributed by atoms with Crippen LogP contribution in [0.15, 0.2) is 18.2 Å². The Morgan fingerprint density at radius 3 is 2.42 bits per heavy atom. The average Bonchev–Trinajstić information content (AvgIpc) is 2.42. The highest BCUT2D eigenvalue weighted by atomic mass is 15.2. The molecule has 1 unspecified atom stereocenters. The molecule has 1 aromatic rings. The molecule has 0 radical (unpaired) electrons. The molecule has 0 aliphatic carbocycles. The molecule has 0 spiro atoms. The zero-order chi connectivity index (χ0) is 14.1. The lowest BCUT2D eigenvalue weighted by atomic mass is 9.94. The number of rotatable bonds is 9. The monoisotopic (exact) mass is 262 g/mol. The molecular formula is C17H30N2. The summed E-state index contributed by atoms with van der Waals surface area (Å²) in [6.07, 6.45) is 9.13. The summed E-state index contributed by atoms with van der Waals surface area (Å²) in [5.41, 5.74) is 7.07. The average molecular weight is 262 g/mol. The predicted molar refractivity (Wildman–Crippen MR) is 84.0 cm³/mol. The van der Waals surface area contributed by atoms with Gasteiger partial charge in [0.15, 0.2) is 0 Å². The second-order valence-electron chi connectivity index (χ2n) is 5.56. The molecule has 0 heterocycles. The van der Waals surface area contributed by atoms with Gasteiger partial charge in [-0.25, -0.2) is 0 Å². The minimum atomic E-state index is 0.297. The summed E-state index contributed by atoms with van der Waals surface area (Å²) >= 11 is 0. The first-order valence-corrected chi connectivity index (χ1v) is 7.73. The molecule has 108 valence electrons. The van der Waals surface area contributed by atoms with Crippen LogP contribution in [0.3, 0.4) is 0 Å². The highest BCUT2D eigenvalue weighted by Gasteiger charge is 2.12. The smallest absolute Gasteiger partial charge is 0.0462 e. The number of unbranched alkanes of at least 4 members (excludes halogenated alkanes) is 5. The van der Waals surface area contributed by atoms with Gasteiger partial charge in [0.05, 0.1) is 0 Å². The third-order valence-electron chi connectivity index (χ3n) is 4.07. The Kier molecular flexibility index (Phi) is 7.76. The zero-order valence-electron chi connectivity index (χ0n) is 12.8. The number of benzene rings is 1. The van der Waals surface area contributed by atoms with Crippen LogP contribution in [0.4, 0.5) is 0 Å². The van der Waals surface area contributed by atoms with Gasteiger partial charge < -0.3 is 0 Å². The van der Waals surface area contributed by atoms with Crippen molar-refractivity contribution >= 4 is 0 Å². The second-order valence-corrected chi connectivity index (χ2v) is 5.56. The molecule has 0 aliphatic rings. The van der Waals surface area contributed by atoms with Crippen LogP contribution in [0.25, 0.3) is 0 Å². The first kappa shape index (κ1) is 16.2. The van der Waals surface area contributed by atoms with Crippen LogP contribution in [-0.4, -0.2) is 0 Å². The van der Waals surface area contributed by atoms with Crippen LogP contribution < -0.4 is 11.3 Å². The normalized spacial score (nSPS) is 12.6. The number of nitrogens with one attached hydrogen (secondary N) is 1. The predicted octanol–water partition coefficient (Wildman–Crippen LogP) is 4.56. The van der Waals surface area contributed by atoms with Crippen LogP contribution in [-0.2, 0) is 0 Å². The topological polar surface area (TPSA) is 38.0 Å². The Hall–Kier alpha value is -0.860. The van der Waals surface area contributed by atoms with E-state index in [1.54, 1.807) is 0 Å². The molecule has 0 bridgehead atoms. The number of hydrogen-bond acceptors (Lipinski definition) is 2. The van der Waals surface area contributed by atoms with E-state index in [0.29, 0.717) is 6.04 Å². The van der Waals surface area contributed by atoms with E-state index >= 15 is 0 Å². The van der Waals surface area contributed by atoms with Gasteiger partial charge in [-0.2, -0.15) is 0 Å². The van der Waals surface area contributed by atoms with E-state index in [0.717, 1.165) is 6.42 Å². The lowest BCUT2D eigenvalue weighted by Crippen LogP contribution is -2.28. The number of nitrogens with two attached hydrogens (primary N) is 1. The first-order chi connectivity index (χ1) is 9.20. The van der Waals surface area contributed by atoms with Gasteiger partial charge in [-0.1, -0.05) is 63.6 Å². The molecule has 1 atom stereocenters. The maximum absolute atomic E-state index is 5.74. The fourth-order valence-corrected chi connectivity index (χ4v) is 2.61. The Bertz CT molecular complexity index is 360. The standard InChI is InChI=1S/C17H30N2/c1-4-5-6-7-8-9-13-17(19-18)16-12-10-11-14(2)15(16)3/h10-12,17,19H,4-9,13,18H2,1-3H3. The molecule has 0 aliphatic heterocycles. The fraction of sp³-hybridized carbons (Fsp3) is 0.647. The molecule has 3 N–H and O–H groups in total. The lowest BCUT2D eigenvalue weighted by molar-refractivity contribution is 0.475. The van der Waals surface area contributed by atoms with Gasteiger partial charge in [0.1, 0.15) is 0 Å². The highest BCUT2D eigenvalue weighted by molar-refractivity contribution is 5.35. The maximum Gasteiger partial charge on any atom is 0.0462 e. The SMILES string of the molecule is CCCCCCCCC(NN)c1cccc(C)c1C. The lowest BCUT2D eigenvalue weighted by Gasteiger charge is -2.19. The van der Waals surface area contributed by atoms with E-state index < -0.39 is 0 Å². The van der Waals surface area contributed by atoms with E-state index in [9.17, 15) is 0 Å². The molecule has 0 fully saturated rings. The molecular weight excluding hydrogens is 232 g/mol. The second kappa shape index (κ2) is 9.11. The highest BCUT2D eigenvalue weighted by Crippen LogP contribution is 2.24. The third kappa shape index (κ3) is 5.33. The molecule has 2 nitrogen and oxygen atoms in total. The van der Waals surface area contributed by atoms with Crippen molar-refractivity contribution < 1.29 is 0 Å². The van der Waals surface area contributed by atoms with Crippen LogP contribution in [0.1, 0.15) is 74.6 Å². The van der Waals surface area contributed by atoms with E-state index in [-0.39, 0.29) is 0 Å². The van der Waals surface area contributed by atoms with Crippen molar-refractivity contribution in [2.24, 2.45) is 5.84 Å². The summed E-state index contributed by atoms with van der Waals surface area (Å²) in [5.74, 6) is 5.74. The summed E-state index contributed by atoms with van der Waals surface area (Å²) in [7, 11) is 0. The molecule has 1 aromatic carbocycles. The summed E-state index contributed by atoms with van der Waals surface area (Å²) in [6.45, 7) is 6.61. The van der Waals surface area contributed by atoms with Gasteiger partial charge in [0, 0.05) is 6.04 Å². The zero-order valence-corrected chi connectivity index (χ0v) is 12.8. The fourth-order valence-electron chi connectivity index (χ4n) is 2.61. The van der Waals surface area contributed by atoms with Gasteiger partial charge in [0.2, 0.25) is 0 Å². The maximum atomic E-state index is 5.74. The van der Waals surface area contributed by atoms with Gasteiger partial charge in [-0.3, -0.25) is 11.3 Å². The van der Waals surface area contributed by atoms with Gasteiger partial charge >= 0.3 is 0 Å². The van der Waals surface area contributed by atoms with Gasteiger partial charge in [0.25, 0.3) is 0 Å². The molecule has 0 saturated heterocycles. The van der Waals surface area contributed by atoms with Crippen molar-refractivity contribution in [1.82, 2.24) is 5.43 Å². The van der Waals surface area contributed by atoms with E-state index in [1.165, 1.54) is 55.2 Å². The number of hydrazine groups is 1. The van der Waals surface area contributed by atoms with Crippen molar-refractivity contribution in [2.45, 2.75) is 71.8 Å². The quantitative estimate of drug-likeness (QED) is 0.389.